The number of benzene rings is 1. The zero-order valence-corrected chi connectivity index (χ0v) is 10.1. The van der Waals surface area contributed by atoms with E-state index in [1.165, 1.54) is 0 Å². The van der Waals surface area contributed by atoms with Crippen molar-refractivity contribution in [3.05, 3.63) is 29.8 Å². The quantitative estimate of drug-likeness (QED) is 0.431. The zero-order valence-electron chi connectivity index (χ0n) is 10.1. The topological polar surface area (TPSA) is 52.6 Å². The average molecular weight is 236 g/mol. The lowest BCUT2D eigenvalue weighted by Gasteiger charge is -2.04. The third-order valence-corrected chi connectivity index (χ3v) is 2.10. The molecular weight excluding hydrogens is 220 g/mol. The monoisotopic (exact) mass is 236 g/mol. The largest absolute Gasteiger partial charge is 0.494 e. The Balaban J connectivity index is 2.60. The normalized spacial score (nSPS) is 9.76. The molecular formula is C13H16O4. The van der Waals surface area contributed by atoms with Crippen LogP contribution in [0.4, 0.5) is 0 Å². The molecule has 0 saturated carbocycles. The SMILES string of the molecule is CCOC(=O)CC(=O)c1ccc(OCC)cc1. The molecule has 0 saturated heterocycles. The van der Waals surface area contributed by atoms with E-state index in [0.29, 0.717) is 17.9 Å². The smallest absolute Gasteiger partial charge is 0.313 e. The van der Waals surface area contributed by atoms with Crippen LogP contribution in [0.15, 0.2) is 24.3 Å². The number of esters is 1. The van der Waals surface area contributed by atoms with Crippen molar-refractivity contribution in [2.45, 2.75) is 20.3 Å². The van der Waals surface area contributed by atoms with Gasteiger partial charge in [0.1, 0.15) is 12.2 Å². The van der Waals surface area contributed by atoms with Crippen LogP contribution in [0.3, 0.4) is 0 Å². The summed E-state index contributed by atoms with van der Waals surface area (Å²) in [6.07, 6.45) is -0.220. The summed E-state index contributed by atoms with van der Waals surface area (Å²) in [6, 6.07) is 6.71. The van der Waals surface area contributed by atoms with E-state index in [-0.39, 0.29) is 18.8 Å². The maximum Gasteiger partial charge on any atom is 0.313 e. The molecule has 1 aromatic rings. The Bertz CT molecular complexity index is 381. The van der Waals surface area contributed by atoms with Gasteiger partial charge in [0.25, 0.3) is 0 Å². The Morgan fingerprint density at radius 3 is 2.24 bits per heavy atom. The van der Waals surface area contributed by atoms with E-state index in [1.807, 2.05) is 6.92 Å². The van der Waals surface area contributed by atoms with Gasteiger partial charge in [-0.25, -0.2) is 0 Å². The van der Waals surface area contributed by atoms with E-state index in [4.69, 9.17) is 9.47 Å². The zero-order chi connectivity index (χ0) is 12.7. The molecule has 4 nitrogen and oxygen atoms in total. The molecule has 92 valence electrons. The lowest BCUT2D eigenvalue weighted by atomic mass is 10.1. The fraction of sp³-hybridized carbons (Fsp3) is 0.385. The maximum atomic E-state index is 11.7. The molecule has 0 heterocycles. The standard InChI is InChI=1S/C13H16O4/c1-3-16-11-7-5-10(6-8-11)12(14)9-13(15)17-4-2/h5-8H,3-4,9H2,1-2H3. The third kappa shape index (κ3) is 4.26. The van der Waals surface area contributed by atoms with Gasteiger partial charge in [0.15, 0.2) is 5.78 Å². The van der Waals surface area contributed by atoms with Crippen molar-refractivity contribution >= 4 is 11.8 Å². The Kier molecular flexibility index (Phi) is 5.20. The highest BCUT2D eigenvalue weighted by Crippen LogP contribution is 2.13. The fourth-order valence-electron chi connectivity index (χ4n) is 1.35. The van der Waals surface area contributed by atoms with Crippen molar-refractivity contribution in [3.63, 3.8) is 0 Å². The predicted molar refractivity (Wildman–Crippen MR) is 63.2 cm³/mol. The van der Waals surface area contributed by atoms with Crippen LogP contribution in [0.1, 0.15) is 30.6 Å². The van der Waals surface area contributed by atoms with Gasteiger partial charge in [-0.1, -0.05) is 0 Å². The van der Waals surface area contributed by atoms with Gasteiger partial charge in [0.2, 0.25) is 0 Å². The van der Waals surface area contributed by atoms with E-state index in [1.54, 1.807) is 31.2 Å². The second kappa shape index (κ2) is 6.68. The molecule has 0 atom stereocenters. The minimum Gasteiger partial charge on any atom is -0.494 e. The number of carbonyl (C=O) groups excluding carboxylic acids is 2. The summed E-state index contributed by atoms with van der Waals surface area (Å²) in [5.74, 6) is -0.0296. The van der Waals surface area contributed by atoms with E-state index in [9.17, 15) is 9.59 Å². The van der Waals surface area contributed by atoms with Gasteiger partial charge in [-0.3, -0.25) is 9.59 Å². The van der Waals surface area contributed by atoms with Crippen LogP contribution in [0.2, 0.25) is 0 Å². The molecule has 0 aromatic heterocycles. The van der Waals surface area contributed by atoms with Crippen molar-refractivity contribution in [2.75, 3.05) is 13.2 Å². The lowest BCUT2D eigenvalue weighted by Crippen LogP contribution is -2.11. The molecule has 4 heteroatoms. The van der Waals surface area contributed by atoms with Crippen LogP contribution in [0, 0.1) is 0 Å². The van der Waals surface area contributed by atoms with Crippen molar-refractivity contribution < 1.29 is 19.1 Å². The van der Waals surface area contributed by atoms with E-state index < -0.39 is 5.97 Å². The Morgan fingerprint density at radius 2 is 1.71 bits per heavy atom. The minimum absolute atomic E-state index is 0.220. The summed E-state index contributed by atoms with van der Waals surface area (Å²) < 4.78 is 9.97. The average Bonchev–Trinajstić information content (AvgIpc) is 2.30. The number of hydrogen-bond acceptors (Lipinski definition) is 4. The Hall–Kier alpha value is -1.84. The van der Waals surface area contributed by atoms with Crippen LogP contribution < -0.4 is 4.74 Å². The molecule has 0 aliphatic carbocycles. The first-order valence-electron chi connectivity index (χ1n) is 5.59. The fourth-order valence-corrected chi connectivity index (χ4v) is 1.35. The molecule has 0 aliphatic heterocycles. The number of Topliss-reactive ketones (excluding diaryl/α,β-unsaturated/α-hetero) is 1. The van der Waals surface area contributed by atoms with Crippen LogP contribution in [-0.4, -0.2) is 25.0 Å². The first-order valence-corrected chi connectivity index (χ1v) is 5.59. The molecule has 17 heavy (non-hydrogen) atoms. The molecule has 0 radical (unpaired) electrons. The molecule has 1 rings (SSSR count). The summed E-state index contributed by atoms with van der Waals surface area (Å²) in [4.78, 5) is 22.8. The molecule has 0 bridgehead atoms. The molecule has 0 aliphatic rings. The highest BCUT2D eigenvalue weighted by Gasteiger charge is 2.12. The van der Waals surface area contributed by atoms with Gasteiger partial charge in [-0.2, -0.15) is 0 Å². The molecule has 0 N–H and O–H groups in total. The van der Waals surface area contributed by atoms with Gasteiger partial charge in [-0.05, 0) is 38.1 Å². The molecule has 0 amide bonds. The lowest BCUT2D eigenvalue weighted by molar-refractivity contribution is -0.141. The number of rotatable bonds is 6. The van der Waals surface area contributed by atoms with Crippen LogP contribution in [-0.2, 0) is 9.53 Å². The summed E-state index contributed by atoms with van der Waals surface area (Å²) in [7, 11) is 0. The maximum absolute atomic E-state index is 11.7. The highest BCUT2D eigenvalue weighted by molar-refractivity contribution is 6.05. The van der Waals surface area contributed by atoms with Gasteiger partial charge >= 0.3 is 5.97 Å². The van der Waals surface area contributed by atoms with E-state index in [2.05, 4.69) is 0 Å². The van der Waals surface area contributed by atoms with Crippen molar-refractivity contribution in [3.8, 4) is 5.75 Å². The van der Waals surface area contributed by atoms with Crippen LogP contribution >= 0.6 is 0 Å². The van der Waals surface area contributed by atoms with Gasteiger partial charge in [0, 0.05) is 5.56 Å². The summed E-state index contributed by atoms with van der Waals surface area (Å²) in [5, 5.41) is 0. The first kappa shape index (κ1) is 13.2. The van der Waals surface area contributed by atoms with Gasteiger partial charge < -0.3 is 9.47 Å². The predicted octanol–water partition coefficient (Wildman–Crippen LogP) is 2.22. The Labute approximate surface area is 101 Å². The van der Waals surface area contributed by atoms with Crippen molar-refractivity contribution in [2.24, 2.45) is 0 Å². The summed E-state index contributed by atoms with van der Waals surface area (Å²) in [5.41, 5.74) is 0.488. The molecule has 0 unspecified atom stereocenters. The minimum atomic E-state index is -0.494. The van der Waals surface area contributed by atoms with Gasteiger partial charge in [0.05, 0.1) is 13.2 Å². The number of ketones is 1. The third-order valence-electron chi connectivity index (χ3n) is 2.10. The second-order valence-corrected chi connectivity index (χ2v) is 3.36. The number of hydrogen-bond donors (Lipinski definition) is 0. The summed E-state index contributed by atoms with van der Waals surface area (Å²) >= 11 is 0. The highest BCUT2D eigenvalue weighted by atomic mass is 16.5. The first-order chi connectivity index (χ1) is 8.17. The van der Waals surface area contributed by atoms with Crippen LogP contribution in [0.5, 0.6) is 5.75 Å². The van der Waals surface area contributed by atoms with E-state index in [0.717, 1.165) is 0 Å². The number of carbonyl (C=O) groups is 2. The van der Waals surface area contributed by atoms with Gasteiger partial charge in [-0.15, -0.1) is 0 Å². The number of ether oxygens (including phenoxy) is 2. The van der Waals surface area contributed by atoms with Crippen LogP contribution in [0.25, 0.3) is 0 Å². The second-order valence-electron chi connectivity index (χ2n) is 3.36. The van der Waals surface area contributed by atoms with E-state index >= 15 is 0 Å². The Morgan fingerprint density at radius 1 is 1.06 bits per heavy atom. The van der Waals surface area contributed by atoms with Crippen molar-refractivity contribution in [1.82, 2.24) is 0 Å². The molecule has 0 spiro atoms. The molecule has 0 fully saturated rings. The summed E-state index contributed by atoms with van der Waals surface area (Å²) in [6.45, 7) is 4.46. The molecule has 1 aromatic carbocycles. The van der Waals surface area contributed by atoms with Crippen molar-refractivity contribution in [1.29, 1.82) is 0 Å².